The zero-order chi connectivity index (χ0) is 9.84. The van der Waals surface area contributed by atoms with Crippen molar-refractivity contribution >= 4 is 28.7 Å². The number of thiazole rings is 1. The number of anilines is 1. The van der Waals surface area contributed by atoms with E-state index in [0.717, 1.165) is 6.29 Å². The summed E-state index contributed by atoms with van der Waals surface area (Å²) in [5.74, 6) is -0.0915. The van der Waals surface area contributed by atoms with Gasteiger partial charge in [-0.1, -0.05) is 18.3 Å². The Hall–Kier alpha value is -1.23. The summed E-state index contributed by atoms with van der Waals surface area (Å²) in [6, 6.07) is 0. The number of aldehydes is 1. The average molecular weight is 198 g/mol. The number of nitrogens with one attached hydrogen (secondary N) is 1. The largest absolute Gasteiger partial charge is 0.302 e. The fraction of sp³-hybridized carbons (Fsp3) is 0.375. The monoisotopic (exact) mass is 198 g/mol. The van der Waals surface area contributed by atoms with Gasteiger partial charge in [0.2, 0.25) is 5.91 Å². The van der Waals surface area contributed by atoms with Crippen LogP contribution < -0.4 is 5.32 Å². The maximum atomic E-state index is 11.0. The molecule has 13 heavy (non-hydrogen) atoms. The summed E-state index contributed by atoms with van der Waals surface area (Å²) in [7, 11) is 0. The van der Waals surface area contributed by atoms with E-state index < -0.39 is 0 Å². The second kappa shape index (κ2) is 4.13. The van der Waals surface area contributed by atoms with E-state index in [2.05, 4.69) is 10.3 Å². The Kier molecular flexibility index (Phi) is 3.13. The summed E-state index contributed by atoms with van der Waals surface area (Å²) in [6.45, 7) is 3.50. The molecule has 0 radical (unpaired) electrons. The van der Waals surface area contributed by atoms with Crippen molar-refractivity contribution in [3.8, 4) is 0 Å². The van der Waals surface area contributed by atoms with Crippen LogP contribution in [0.4, 0.5) is 5.13 Å². The molecular weight excluding hydrogens is 188 g/mol. The number of aryl methyl sites for hydroxylation is 1. The van der Waals surface area contributed by atoms with E-state index >= 15 is 0 Å². The molecule has 0 saturated heterocycles. The molecule has 4 nitrogen and oxygen atoms in total. The van der Waals surface area contributed by atoms with E-state index in [1.807, 2.05) is 0 Å². The summed E-state index contributed by atoms with van der Waals surface area (Å²) >= 11 is 1.19. The molecule has 1 heterocycles. The Bertz CT molecular complexity index is 333. The number of aromatic nitrogens is 1. The third-order valence-electron chi connectivity index (χ3n) is 1.51. The maximum Gasteiger partial charge on any atom is 0.225 e. The minimum absolute atomic E-state index is 0.0915. The molecule has 1 aromatic rings. The number of rotatable bonds is 3. The maximum absolute atomic E-state index is 11.0. The molecule has 0 aliphatic carbocycles. The number of carbonyl (C=O) groups excluding carboxylic acids is 2. The average Bonchev–Trinajstić information content (AvgIpc) is 2.46. The Labute approximate surface area is 80.0 Å². The molecule has 0 fully saturated rings. The van der Waals surface area contributed by atoms with Crippen LogP contribution in [0.3, 0.4) is 0 Å². The highest BCUT2D eigenvalue weighted by molar-refractivity contribution is 7.17. The second-order valence-corrected chi connectivity index (χ2v) is 3.52. The van der Waals surface area contributed by atoms with Gasteiger partial charge in [-0.05, 0) is 6.92 Å². The van der Waals surface area contributed by atoms with Gasteiger partial charge in [-0.3, -0.25) is 9.59 Å². The van der Waals surface area contributed by atoms with Crippen LogP contribution >= 0.6 is 11.3 Å². The molecule has 1 amide bonds. The third-order valence-corrected chi connectivity index (χ3v) is 2.51. The van der Waals surface area contributed by atoms with Gasteiger partial charge in [0.25, 0.3) is 0 Å². The predicted octanol–water partition coefficient (Wildman–Crippen LogP) is 1.61. The van der Waals surface area contributed by atoms with Crippen LogP contribution in [0.25, 0.3) is 0 Å². The fourth-order valence-electron chi connectivity index (χ4n) is 0.779. The highest BCUT2D eigenvalue weighted by Gasteiger charge is 2.07. The Morgan fingerprint density at radius 1 is 1.69 bits per heavy atom. The number of carbonyl (C=O) groups is 2. The molecule has 5 heteroatoms. The van der Waals surface area contributed by atoms with Crippen molar-refractivity contribution in [2.45, 2.75) is 20.3 Å². The second-order valence-electron chi connectivity index (χ2n) is 2.49. The van der Waals surface area contributed by atoms with Gasteiger partial charge in [-0.25, -0.2) is 4.98 Å². The first kappa shape index (κ1) is 9.85. The van der Waals surface area contributed by atoms with Gasteiger partial charge in [0.15, 0.2) is 11.4 Å². The van der Waals surface area contributed by atoms with E-state index in [0.29, 0.717) is 22.1 Å². The highest BCUT2D eigenvalue weighted by atomic mass is 32.1. The van der Waals surface area contributed by atoms with E-state index in [1.54, 1.807) is 13.8 Å². The zero-order valence-corrected chi connectivity index (χ0v) is 8.27. The molecule has 0 atom stereocenters. The van der Waals surface area contributed by atoms with E-state index in [4.69, 9.17) is 0 Å². The molecule has 0 unspecified atom stereocenters. The van der Waals surface area contributed by atoms with Crippen molar-refractivity contribution in [2.24, 2.45) is 0 Å². The van der Waals surface area contributed by atoms with Crippen molar-refractivity contribution in [1.82, 2.24) is 4.98 Å². The van der Waals surface area contributed by atoms with Gasteiger partial charge in [-0.15, -0.1) is 0 Å². The zero-order valence-electron chi connectivity index (χ0n) is 7.46. The molecule has 1 rings (SSSR count). The lowest BCUT2D eigenvalue weighted by atomic mass is 10.4. The van der Waals surface area contributed by atoms with E-state index in [1.165, 1.54) is 11.3 Å². The lowest BCUT2D eigenvalue weighted by Gasteiger charge is -1.95. The molecular formula is C8H10N2O2S. The first-order valence-electron chi connectivity index (χ1n) is 3.89. The van der Waals surface area contributed by atoms with Crippen LogP contribution in [0.5, 0.6) is 0 Å². The van der Waals surface area contributed by atoms with Crippen molar-refractivity contribution in [2.75, 3.05) is 5.32 Å². The first-order chi connectivity index (χ1) is 6.17. The third kappa shape index (κ3) is 2.35. The van der Waals surface area contributed by atoms with E-state index in [-0.39, 0.29) is 5.91 Å². The number of hydrogen-bond donors (Lipinski definition) is 1. The van der Waals surface area contributed by atoms with Crippen molar-refractivity contribution in [1.29, 1.82) is 0 Å². The topological polar surface area (TPSA) is 59.1 Å². The van der Waals surface area contributed by atoms with Crippen LogP contribution in [0.15, 0.2) is 0 Å². The SMILES string of the molecule is CCC(=O)Nc1nc(C)c(C=O)s1. The van der Waals surface area contributed by atoms with Gasteiger partial charge >= 0.3 is 0 Å². The number of nitrogens with zero attached hydrogens (tertiary/aromatic N) is 1. The summed E-state index contributed by atoms with van der Waals surface area (Å²) in [5.41, 5.74) is 0.659. The Balaban J connectivity index is 2.79. The summed E-state index contributed by atoms with van der Waals surface area (Å²) < 4.78 is 0. The van der Waals surface area contributed by atoms with Crippen LogP contribution in [0.2, 0.25) is 0 Å². The first-order valence-corrected chi connectivity index (χ1v) is 4.71. The quantitative estimate of drug-likeness (QED) is 0.751. The number of hydrogen-bond acceptors (Lipinski definition) is 4. The summed E-state index contributed by atoms with van der Waals surface area (Å²) in [5, 5.41) is 3.09. The van der Waals surface area contributed by atoms with Crippen molar-refractivity contribution < 1.29 is 9.59 Å². The molecule has 0 aliphatic heterocycles. The van der Waals surface area contributed by atoms with Gasteiger partial charge in [0.1, 0.15) is 0 Å². The van der Waals surface area contributed by atoms with Gasteiger partial charge < -0.3 is 5.32 Å². The normalized spacial score (nSPS) is 9.69. The van der Waals surface area contributed by atoms with Crippen LogP contribution in [0.1, 0.15) is 28.7 Å². The van der Waals surface area contributed by atoms with Crippen molar-refractivity contribution in [3.63, 3.8) is 0 Å². The number of amides is 1. The predicted molar refractivity (Wildman–Crippen MR) is 51.2 cm³/mol. The van der Waals surface area contributed by atoms with Gasteiger partial charge in [-0.2, -0.15) is 0 Å². The fourth-order valence-corrected chi connectivity index (χ4v) is 1.58. The molecule has 0 bridgehead atoms. The lowest BCUT2D eigenvalue weighted by molar-refractivity contribution is -0.115. The minimum atomic E-state index is -0.0915. The van der Waals surface area contributed by atoms with Crippen molar-refractivity contribution in [3.05, 3.63) is 10.6 Å². The summed E-state index contributed by atoms with van der Waals surface area (Å²) in [6.07, 6.45) is 1.16. The molecule has 0 aromatic carbocycles. The van der Waals surface area contributed by atoms with Crippen LogP contribution in [-0.4, -0.2) is 17.2 Å². The van der Waals surface area contributed by atoms with E-state index in [9.17, 15) is 9.59 Å². The summed E-state index contributed by atoms with van der Waals surface area (Å²) in [4.78, 5) is 26.0. The molecule has 0 saturated carbocycles. The molecule has 70 valence electrons. The highest BCUT2D eigenvalue weighted by Crippen LogP contribution is 2.20. The van der Waals surface area contributed by atoms with Crippen LogP contribution in [0, 0.1) is 6.92 Å². The molecule has 1 aromatic heterocycles. The lowest BCUT2D eigenvalue weighted by Crippen LogP contribution is -2.08. The minimum Gasteiger partial charge on any atom is -0.302 e. The smallest absolute Gasteiger partial charge is 0.225 e. The van der Waals surface area contributed by atoms with Gasteiger partial charge in [0.05, 0.1) is 10.6 Å². The molecule has 1 N–H and O–H groups in total. The molecule has 0 spiro atoms. The Morgan fingerprint density at radius 3 is 2.85 bits per heavy atom. The van der Waals surface area contributed by atoms with Gasteiger partial charge in [0, 0.05) is 6.42 Å². The standard InChI is InChI=1S/C8H10N2O2S/c1-3-7(12)10-8-9-5(2)6(4-11)13-8/h4H,3H2,1-2H3,(H,9,10,12). The van der Waals surface area contributed by atoms with Crippen LogP contribution in [-0.2, 0) is 4.79 Å². The molecule has 0 aliphatic rings. The Morgan fingerprint density at radius 2 is 2.38 bits per heavy atom.